The average molecular weight is 422 g/mol. The van der Waals surface area contributed by atoms with Gasteiger partial charge in [0, 0.05) is 42.3 Å². The van der Waals surface area contributed by atoms with Gasteiger partial charge in [-0.15, -0.1) is 0 Å². The highest BCUT2D eigenvalue weighted by Crippen LogP contribution is 2.22. The summed E-state index contributed by atoms with van der Waals surface area (Å²) in [5, 5.41) is 6.91. The molecule has 0 radical (unpaired) electrons. The molecule has 9 heteroatoms. The highest BCUT2D eigenvalue weighted by molar-refractivity contribution is 5.93. The number of benzene rings is 1. The SMILES string of the molecule is Cc1nc2ncnn2c(C)c1CCC(=O)OCC(=O)Nc1ccc(N2CCCC2)cc1. The molecule has 1 aromatic carbocycles. The van der Waals surface area contributed by atoms with Crippen LogP contribution in [0.5, 0.6) is 0 Å². The fourth-order valence-electron chi connectivity index (χ4n) is 3.89. The third kappa shape index (κ3) is 4.82. The molecule has 3 heterocycles. The van der Waals surface area contributed by atoms with Crippen LogP contribution < -0.4 is 10.2 Å². The van der Waals surface area contributed by atoms with E-state index in [4.69, 9.17) is 4.74 Å². The van der Waals surface area contributed by atoms with Gasteiger partial charge < -0.3 is 15.0 Å². The van der Waals surface area contributed by atoms with Gasteiger partial charge in [-0.2, -0.15) is 10.1 Å². The smallest absolute Gasteiger partial charge is 0.306 e. The normalized spacial score (nSPS) is 13.5. The van der Waals surface area contributed by atoms with Gasteiger partial charge in [0.2, 0.25) is 0 Å². The number of aromatic nitrogens is 4. The molecule has 4 rings (SSSR count). The molecule has 1 amide bonds. The van der Waals surface area contributed by atoms with E-state index >= 15 is 0 Å². The lowest BCUT2D eigenvalue weighted by Crippen LogP contribution is -2.21. The molecular weight excluding hydrogens is 396 g/mol. The van der Waals surface area contributed by atoms with Gasteiger partial charge in [0.05, 0.1) is 0 Å². The molecule has 1 fully saturated rings. The largest absolute Gasteiger partial charge is 0.456 e. The molecule has 9 nitrogen and oxygen atoms in total. The highest BCUT2D eigenvalue weighted by Gasteiger charge is 2.15. The van der Waals surface area contributed by atoms with Crippen LogP contribution in [-0.2, 0) is 20.7 Å². The van der Waals surface area contributed by atoms with E-state index in [0.717, 1.165) is 35.7 Å². The zero-order valence-corrected chi connectivity index (χ0v) is 17.8. The number of carbonyl (C=O) groups is 2. The molecule has 1 N–H and O–H groups in total. The summed E-state index contributed by atoms with van der Waals surface area (Å²) in [5.41, 5.74) is 4.47. The molecule has 0 bridgehead atoms. The Labute approximate surface area is 180 Å². The maximum atomic E-state index is 12.1. The van der Waals surface area contributed by atoms with E-state index in [-0.39, 0.29) is 18.9 Å². The maximum absolute atomic E-state index is 12.1. The Morgan fingerprint density at radius 1 is 1.13 bits per heavy atom. The Morgan fingerprint density at radius 3 is 2.61 bits per heavy atom. The van der Waals surface area contributed by atoms with Crippen molar-refractivity contribution >= 4 is 29.0 Å². The number of anilines is 2. The van der Waals surface area contributed by atoms with E-state index in [1.165, 1.54) is 19.2 Å². The van der Waals surface area contributed by atoms with Gasteiger partial charge in [0.15, 0.2) is 6.61 Å². The number of hydrogen-bond donors (Lipinski definition) is 1. The lowest BCUT2D eigenvalue weighted by molar-refractivity contribution is -0.147. The van der Waals surface area contributed by atoms with Gasteiger partial charge in [-0.1, -0.05) is 0 Å². The number of ether oxygens (including phenoxy) is 1. The molecular formula is C22H26N6O3. The zero-order chi connectivity index (χ0) is 21.8. The molecule has 0 aliphatic carbocycles. The van der Waals surface area contributed by atoms with Crippen LogP contribution in [0.3, 0.4) is 0 Å². The first-order valence-corrected chi connectivity index (χ1v) is 10.5. The van der Waals surface area contributed by atoms with Crippen LogP contribution in [0.4, 0.5) is 11.4 Å². The monoisotopic (exact) mass is 422 g/mol. The van der Waals surface area contributed by atoms with E-state index in [9.17, 15) is 9.59 Å². The number of amides is 1. The Bertz CT molecular complexity index is 1090. The fourth-order valence-corrected chi connectivity index (χ4v) is 3.89. The van der Waals surface area contributed by atoms with Crippen molar-refractivity contribution in [2.24, 2.45) is 0 Å². The van der Waals surface area contributed by atoms with Gasteiger partial charge in [-0.05, 0) is 62.9 Å². The first-order chi connectivity index (χ1) is 15.0. The molecule has 2 aromatic heterocycles. The summed E-state index contributed by atoms with van der Waals surface area (Å²) in [5.74, 6) is -0.260. The van der Waals surface area contributed by atoms with E-state index in [2.05, 4.69) is 25.3 Å². The summed E-state index contributed by atoms with van der Waals surface area (Å²) in [6.45, 7) is 5.63. The minimum Gasteiger partial charge on any atom is -0.456 e. The van der Waals surface area contributed by atoms with Gasteiger partial charge >= 0.3 is 5.97 Å². The molecule has 0 saturated carbocycles. The number of carbonyl (C=O) groups excluding carboxylic acids is 2. The first kappa shape index (κ1) is 20.8. The molecule has 162 valence electrons. The number of aryl methyl sites for hydroxylation is 2. The lowest BCUT2D eigenvalue weighted by Gasteiger charge is -2.17. The average Bonchev–Trinajstić information content (AvgIpc) is 3.45. The van der Waals surface area contributed by atoms with Crippen molar-refractivity contribution < 1.29 is 14.3 Å². The summed E-state index contributed by atoms with van der Waals surface area (Å²) in [7, 11) is 0. The number of esters is 1. The molecule has 1 aliphatic rings. The summed E-state index contributed by atoms with van der Waals surface area (Å²) >= 11 is 0. The third-order valence-corrected chi connectivity index (χ3v) is 5.55. The summed E-state index contributed by atoms with van der Waals surface area (Å²) in [6.07, 6.45) is 4.49. The van der Waals surface area contributed by atoms with Crippen LogP contribution in [0, 0.1) is 13.8 Å². The van der Waals surface area contributed by atoms with Crippen LogP contribution in [0.1, 0.15) is 36.2 Å². The quantitative estimate of drug-likeness (QED) is 0.584. The standard InChI is InChI=1S/C22H26N6O3/c1-15-19(16(2)28-22(25-15)23-14-24-28)9-10-21(30)31-13-20(29)26-17-5-7-18(8-6-17)27-11-3-4-12-27/h5-8,14H,3-4,9-13H2,1-2H3,(H,26,29). The predicted molar refractivity (Wildman–Crippen MR) is 116 cm³/mol. The molecule has 0 spiro atoms. The first-order valence-electron chi connectivity index (χ1n) is 10.5. The van der Waals surface area contributed by atoms with Crippen molar-refractivity contribution in [1.29, 1.82) is 0 Å². The van der Waals surface area contributed by atoms with Crippen molar-refractivity contribution in [3.05, 3.63) is 47.5 Å². The number of fused-ring (bicyclic) bond motifs is 1. The Balaban J connectivity index is 1.25. The molecule has 3 aromatic rings. The Hall–Kier alpha value is -3.49. The number of nitrogens with one attached hydrogen (secondary N) is 1. The van der Waals surface area contributed by atoms with Crippen LogP contribution in [-0.4, -0.2) is 51.2 Å². The minimum atomic E-state index is -0.433. The Morgan fingerprint density at radius 2 is 1.87 bits per heavy atom. The van der Waals surface area contributed by atoms with E-state index in [1.807, 2.05) is 38.1 Å². The predicted octanol–water partition coefficient (Wildman–Crippen LogP) is 2.46. The van der Waals surface area contributed by atoms with Crippen molar-refractivity contribution in [2.75, 3.05) is 29.9 Å². The van der Waals surface area contributed by atoms with Crippen molar-refractivity contribution in [3.8, 4) is 0 Å². The molecule has 1 saturated heterocycles. The van der Waals surface area contributed by atoms with Gasteiger partial charge in [-0.25, -0.2) is 9.50 Å². The number of nitrogens with zero attached hydrogens (tertiary/aromatic N) is 5. The highest BCUT2D eigenvalue weighted by atomic mass is 16.5. The zero-order valence-electron chi connectivity index (χ0n) is 17.8. The molecule has 31 heavy (non-hydrogen) atoms. The maximum Gasteiger partial charge on any atom is 0.306 e. The summed E-state index contributed by atoms with van der Waals surface area (Å²) in [6, 6.07) is 7.73. The second-order valence-electron chi connectivity index (χ2n) is 7.68. The Kier molecular flexibility index (Phi) is 6.11. The van der Waals surface area contributed by atoms with Gasteiger partial charge in [-0.3, -0.25) is 9.59 Å². The van der Waals surface area contributed by atoms with E-state index < -0.39 is 5.97 Å². The second-order valence-corrected chi connectivity index (χ2v) is 7.68. The van der Waals surface area contributed by atoms with E-state index in [0.29, 0.717) is 17.9 Å². The minimum absolute atomic E-state index is 0.154. The number of rotatable bonds is 7. The van der Waals surface area contributed by atoms with Crippen LogP contribution in [0.2, 0.25) is 0 Å². The van der Waals surface area contributed by atoms with Crippen molar-refractivity contribution in [2.45, 2.75) is 39.5 Å². The van der Waals surface area contributed by atoms with Gasteiger partial charge in [0.25, 0.3) is 11.7 Å². The molecule has 0 unspecified atom stereocenters. The van der Waals surface area contributed by atoms with Gasteiger partial charge in [0.1, 0.15) is 6.33 Å². The molecule has 0 atom stereocenters. The van der Waals surface area contributed by atoms with Crippen molar-refractivity contribution in [3.63, 3.8) is 0 Å². The number of hydrogen-bond acceptors (Lipinski definition) is 7. The van der Waals surface area contributed by atoms with Crippen LogP contribution >= 0.6 is 0 Å². The lowest BCUT2D eigenvalue weighted by atomic mass is 10.1. The van der Waals surface area contributed by atoms with Crippen molar-refractivity contribution in [1.82, 2.24) is 19.6 Å². The van der Waals surface area contributed by atoms with Crippen LogP contribution in [0.25, 0.3) is 5.78 Å². The van der Waals surface area contributed by atoms with Crippen LogP contribution in [0.15, 0.2) is 30.6 Å². The summed E-state index contributed by atoms with van der Waals surface area (Å²) in [4.78, 5) is 35.1. The summed E-state index contributed by atoms with van der Waals surface area (Å²) < 4.78 is 6.79. The fraction of sp³-hybridized carbons (Fsp3) is 0.409. The van der Waals surface area contributed by atoms with E-state index in [1.54, 1.807) is 4.52 Å². The second kappa shape index (κ2) is 9.11. The molecule has 1 aliphatic heterocycles. The third-order valence-electron chi connectivity index (χ3n) is 5.55. The topological polar surface area (TPSA) is 102 Å².